The summed E-state index contributed by atoms with van der Waals surface area (Å²) in [7, 11) is 1.71. The van der Waals surface area contributed by atoms with Crippen LogP contribution in [0.4, 0.5) is 0 Å². The van der Waals surface area contributed by atoms with E-state index in [1.807, 2.05) is 18.2 Å². The van der Waals surface area contributed by atoms with Crippen LogP contribution in [0.15, 0.2) is 27.4 Å². The standard InChI is InChI=1S/C13H19N3O2/c1-3-14-6-7-15-9-10-4-5-11-12(8-10)18-13(17)16(11)2/h4-5,8,14-15H,3,6-7,9H2,1-2H3. The summed E-state index contributed by atoms with van der Waals surface area (Å²) in [5, 5.41) is 6.58. The molecule has 0 aliphatic carbocycles. The van der Waals surface area contributed by atoms with Crippen molar-refractivity contribution in [1.82, 2.24) is 15.2 Å². The maximum Gasteiger partial charge on any atom is 0.419 e. The zero-order chi connectivity index (χ0) is 13.0. The van der Waals surface area contributed by atoms with Crippen LogP contribution in [-0.4, -0.2) is 24.2 Å². The second-order valence-electron chi connectivity index (χ2n) is 4.26. The SMILES string of the molecule is CCNCCNCc1ccc2c(c1)oc(=O)n2C. The van der Waals surface area contributed by atoms with E-state index in [2.05, 4.69) is 17.6 Å². The van der Waals surface area contributed by atoms with Crippen molar-refractivity contribution in [1.29, 1.82) is 0 Å². The van der Waals surface area contributed by atoms with E-state index in [1.54, 1.807) is 7.05 Å². The van der Waals surface area contributed by atoms with Crippen LogP contribution in [0.2, 0.25) is 0 Å². The lowest BCUT2D eigenvalue weighted by atomic mass is 10.2. The molecule has 2 rings (SSSR count). The van der Waals surface area contributed by atoms with Gasteiger partial charge >= 0.3 is 5.76 Å². The summed E-state index contributed by atoms with van der Waals surface area (Å²) in [6.07, 6.45) is 0. The third-order valence-corrected chi connectivity index (χ3v) is 2.91. The van der Waals surface area contributed by atoms with Gasteiger partial charge in [-0.1, -0.05) is 13.0 Å². The zero-order valence-corrected chi connectivity index (χ0v) is 10.8. The van der Waals surface area contributed by atoms with Crippen molar-refractivity contribution in [3.8, 4) is 0 Å². The molecule has 0 aliphatic heterocycles. The van der Waals surface area contributed by atoms with Crippen LogP contribution in [0.5, 0.6) is 0 Å². The summed E-state index contributed by atoms with van der Waals surface area (Å²) in [4.78, 5) is 11.4. The van der Waals surface area contributed by atoms with E-state index in [-0.39, 0.29) is 5.76 Å². The number of aromatic nitrogens is 1. The summed E-state index contributed by atoms with van der Waals surface area (Å²) in [5.74, 6) is -0.317. The van der Waals surface area contributed by atoms with Crippen LogP contribution in [0, 0.1) is 0 Å². The molecule has 5 nitrogen and oxygen atoms in total. The number of aryl methyl sites for hydroxylation is 1. The van der Waals surface area contributed by atoms with Gasteiger partial charge in [-0.15, -0.1) is 0 Å². The first-order valence-corrected chi connectivity index (χ1v) is 6.22. The van der Waals surface area contributed by atoms with Gasteiger partial charge in [0, 0.05) is 26.7 Å². The molecule has 0 saturated heterocycles. The number of nitrogens with one attached hydrogen (secondary N) is 2. The molecule has 2 aromatic rings. The Morgan fingerprint density at radius 3 is 2.83 bits per heavy atom. The first-order valence-electron chi connectivity index (χ1n) is 6.22. The van der Waals surface area contributed by atoms with Gasteiger partial charge in [0.25, 0.3) is 0 Å². The summed E-state index contributed by atoms with van der Waals surface area (Å²) in [6, 6.07) is 5.84. The number of hydrogen-bond donors (Lipinski definition) is 2. The number of fused-ring (bicyclic) bond motifs is 1. The molecule has 0 saturated carbocycles. The van der Waals surface area contributed by atoms with Crippen LogP contribution in [0.1, 0.15) is 12.5 Å². The fourth-order valence-corrected chi connectivity index (χ4v) is 1.87. The molecule has 0 spiro atoms. The van der Waals surface area contributed by atoms with Gasteiger partial charge in [0.15, 0.2) is 5.58 Å². The van der Waals surface area contributed by atoms with Gasteiger partial charge in [-0.2, -0.15) is 0 Å². The van der Waals surface area contributed by atoms with Gasteiger partial charge < -0.3 is 15.1 Å². The largest absolute Gasteiger partial charge is 0.419 e. The monoisotopic (exact) mass is 249 g/mol. The van der Waals surface area contributed by atoms with Gasteiger partial charge in [-0.25, -0.2) is 4.79 Å². The lowest BCUT2D eigenvalue weighted by molar-refractivity contribution is 0.527. The predicted molar refractivity (Wildman–Crippen MR) is 71.7 cm³/mol. The fourth-order valence-electron chi connectivity index (χ4n) is 1.87. The quantitative estimate of drug-likeness (QED) is 0.745. The minimum absolute atomic E-state index is 0.317. The second-order valence-corrected chi connectivity index (χ2v) is 4.26. The Kier molecular flexibility index (Phi) is 4.17. The second kappa shape index (κ2) is 5.84. The molecule has 98 valence electrons. The number of oxazole rings is 1. The first kappa shape index (κ1) is 12.9. The van der Waals surface area contributed by atoms with E-state index in [9.17, 15) is 4.79 Å². The molecular weight excluding hydrogens is 230 g/mol. The number of rotatable bonds is 6. The van der Waals surface area contributed by atoms with Crippen molar-refractivity contribution >= 4 is 11.1 Å². The van der Waals surface area contributed by atoms with Crippen LogP contribution in [0.25, 0.3) is 11.1 Å². The van der Waals surface area contributed by atoms with E-state index in [0.29, 0.717) is 5.58 Å². The maximum atomic E-state index is 11.4. The van der Waals surface area contributed by atoms with Gasteiger partial charge in [0.05, 0.1) is 5.52 Å². The average Bonchev–Trinajstić information content (AvgIpc) is 2.65. The van der Waals surface area contributed by atoms with Crippen LogP contribution in [0.3, 0.4) is 0 Å². The van der Waals surface area contributed by atoms with E-state index in [1.165, 1.54) is 4.57 Å². The van der Waals surface area contributed by atoms with E-state index in [0.717, 1.165) is 37.3 Å². The number of likely N-dealkylation sites (N-methyl/N-ethyl adjacent to an activating group) is 1. The number of hydrogen-bond acceptors (Lipinski definition) is 4. The average molecular weight is 249 g/mol. The molecule has 0 bridgehead atoms. The molecule has 0 fully saturated rings. The number of benzene rings is 1. The molecule has 1 heterocycles. The highest BCUT2D eigenvalue weighted by Crippen LogP contribution is 2.13. The Morgan fingerprint density at radius 1 is 1.28 bits per heavy atom. The highest BCUT2D eigenvalue weighted by atomic mass is 16.4. The summed E-state index contributed by atoms with van der Waals surface area (Å²) < 4.78 is 6.66. The van der Waals surface area contributed by atoms with Crippen molar-refractivity contribution in [2.24, 2.45) is 7.05 Å². The van der Waals surface area contributed by atoms with Crippen LogP contribution < -0.4 is 16.4 Å². The molecule has 5 heteroatoms. The molecule has 1 aromatic heterocycles. The maximum absolute atomic E-state index is 11.4. The lowest BCUT2D eigenvalue weighted by Crippen LogP contribution is -2.26. The number of nitrogens with zero attached hydrogens (tertiary/aromatic N) is 1. The first-order chi connectivity index (χ1) is 8.72. The predicted octanol–water partition coefficient (Wildman–Crippen LogP) is 0.831. The van der Waals surface area contributed by atoms with Gasteiger partial charge in [0.1, 0.15) is 0 Å². The van der Waals surface area contributed by atoms with Crippen molar-refractivity contribution in [2.45, 2.75) is 13.5 Å². The summed E-state index contributed by atoms with van der Waals surface area (Å²) in [5.41, 5.74) is 2.60. The smallest absolute Gasteiger partial charge is 0.408 e. The Hall–Kier alpha value is -1.59. The van der Waals surface area contributed by atoms with E-state index < -0.39 is 0 Å². The highest BCUT2D eigenvalue weighted by molar-refractivity contribution is 5.73. The minimum atomic E-state index is -0.317. The normalized spacial score (nSPS) is 11.2. The molecule has 0 radical (unpaired) electrons. The summed E-state index contributed by atoms with van der Waals surface area (Å²) in [6.45, 7) is 5.73. The van der Waals surface area contributed by atoms with E-state index in [4.69, 9.17) is 4.42 Å². The van der Waals surface area contributed by atoms with Crippen molar-refractivity contribution in [2.75, 3.05) is 19.6 Å². The molecule has 0 atom stereocenters. The summed E-state index contributed by atoms with van der Waals surface area (Å²) >= 11 is 0. The van der Waals surface area contributed by atoms with Gasteiger partial charge in [-0.3, -0.25) is 4.57 Å². The topological polar surface area (TPSA) is 59.2 Å². The molecule has 0 amide bonds. The van der Waals surface area contributed by atoms with Gasteiger partial charge in [-0.05, 0) is 24.2 Å². The third-order valence-electron chi connectivity index (χ3n) is 2.91. The van der Waals surface area contributed by atoms with Crippen LogP contribution in [-0.2, 0) is 13.6 Å². The third kappa shape index (κ3) is 2.80. The Balaban J connectivity index is 2.00. The molecule has 0 unspecified atom stereocenters. The van der Waals surface area contributed by atoms with Crippen LogP contribution >= 0.6 is 0 Å². The molecule has 0 aliphatic rings. The fraction of sp³-hybridized carbons (Fsp3) is 0.462. The van der Waals surface area contributed by atoms with E-state index >= 15 is 0 Å². The molecule has 1 aromatic carbocycles. The van der Waals surface area contributed by atoms with Gasteiger partial charge in [0.2, 0.25) is 0 Å². The zero-order valence-electron chi connectivity index (χ0n) is 10.8. The highest BCUT2D eigenvalue weighted by Gasteiger charge is 2.05. The lowest BCUT2D eigenvalue weighted by Gasteiger charge is -2.05. The van der Waals surface area contributed by atoms with Crippen molar-refractivity contribution < 1.29 is 4.42 Å². The van der Waals surface area contributed by atoms with Crippen molar-refractivity contribution in [3.05, 3.63) is 34.3 Å². The molecule has 2 N–H and O–H groups in total. The Labute approximate surface area is 106 Å². The van der Waals surface area contributed by atoms with Crippen molar-refractivity contribution in [3.63, 3.8) is 0 Å². The molecular formula is C13H19N3O2. The minimum Gasteiger partial charge on any atom is -0.408 e. The molecule has 18 heavy (non-hydrogen) atoms. The Bertz CT molecular complexity index is 571. The Morgan fingerprint density at radius 2 is 2.06 bits per heavy atom.